The van der Waals surface area contributed by atoms with Crippen LogP contribution >= 0.6 is 0 Å². The van der Waals surface area contributed by atoms with E-state index in [-0.39, 0.29) is 10.1 Å². The van der Waals surface area contributed by atoms with Crippen molar-refractivity contribution in [2.45, 2.75) is 97.4 Å². The first kappa shape index (κ1) is 25.1. The smallest absolute Gasteiger partial charge is 0.250 e. The minimum absolute atomic E-state index is 0.146. The van der Waals surface area contributed by atoms with Crippen molar-refractivity contribution in [2.24, 2.45) is 0 Å². The largest absolute Gasteiger partial charge is 0.543 e. The highest BCUT2D eigenvalue weighted by molar-refractivity contribution is 6.84. The maximum atomic E-state index is 6.62. The Morgan fingerprint density at radius 2 is 1.18 bits per heavy atom. The van der Waals surface area contributed by atoms with Gasteiger partial charge in [-0.15, -0.1) is 5.54 Å². The Balaban J connectivity index is 3.40. The molecule has 1 aromatic carbocycles. The summed E-state index contributed by atoms with van der Waals surface area (Å²) in [6, 6.07) is 6.22. The SMILES string of the molecule is CC(C)(C)[Si](C)(C)Oc1ccc(O[Si](C)(C)C(C)(C)C)c(C#C[Si](C)(C)C)c1. The van der Waals surface area contributed by atoms with Crippen LogP contribution in [0.25, 0.3) is 0 Å². The summed E-state index contributed by atoms with van der Waals surface area (Å²) >= 11 is 0. The van der Waals surface area contributed by atoms with Gasteiger partial charge in [0.05, 0.1) is 5.56 Å². The summed E-state index contributed by atoms with van der Waals surface area (Å²) in [4.78, 5) is 0. The van der Waals surface area contributed by atoms with Gasteiger partial charge in [0, 0.05) is 0 Å². The monoisotopic (exact) mass is 434 g/mol. The van der Waals surface area contributed by atoms with Gasteiger partial charge in [-0.1, -0.05) is 67.1 Å². The summed E-state index contributed by atoms with van der Waals surface area (Å²) < 4.78 is 13.2. The van der Waals surface area contributed by atoms with E-state index in [1.807, 2.05) is 0 Å². The Morgan fingerprint density at radius 1 is 0.714 bits per heavy atom. The fraction of sp³-hybridized carbons (Fsp3) is 0.652. The number of benzene rings is 1. The van der Waals surface area contributed by atoms with E-state index >= 15 is 0 Å². The molecular formula is C23H42O2Si3. The molecule has 28 heavy (non-hydrogen) atoms. The fourth-order valence-electron chi connectivity index (χ4n) is 1.89. The van der Waals surface area contributed by atoms with Crippen LogP contribution in [-0.4, -0.2) is 24.7 Å². The van der Waals surface area contributed by atoms with Crippen molar-refractivity contribution in [3.8, 4) is 23.0 Å². The first-order chi connectivity index (χ1) is 12.3. The molecule has 0 saturated carbocycles. The molecule has 158 valence electrons. The van der Waals surface area contributed by atoms with Gasteiger partial charge in [-0.3, -0.25) is 0 Å². The predicted molar refractivity (Wildman–Crippen MR) is 132 cm³/mol. The Morgan fingerprint density at radius 3 is 1.61 bits per heavy atom. The summed E-state index contributed by atoms with van der Waals surface area (Å²) in [6.07, 6.45) is 0. The molecule has 0 unspecified atom stereocenters. The number of hydrogen-bond donors (Lipinski definition) is 0. The average molecular weight is 435 g/mol. The van der Waals surface area contributed by atoms with E-state index in [2.05, 4.69) is 117 Å². The van der Waals surface area contributed by atoms with Crippen LogP contribution in [0.3, 0.4) is 0 Å². The summed E-state index contributed by atoms with van der Waals surface area (Å²) in [5.41, 5.74) is 4.46. The molecule has 0 aromatic heterocycles. The van der Waals surface area contributed by atoms with Crippen LogP contribution in [0, 0.1) is 11.5 Å². The van der Waals surface area contributed by atoms with Crippen molar-refractivity contribution in [3.05, 3.63) is 23.8 Å². The van der Waals surface area contributed by atoms with Crippen LogP contribution in [0.2, 0.25) is 55.9 Å². The lowest BCUT2D eigenvalue weighted by molar-refractivity contribution is 0.481. The van der Waals surface area contributed by atoms with Crippen LogP contribution in [0.15, 0.2) is 18.2 Å². The minimum Gasteiger partial charge on any atom is -0.543 e. The van der Waals surface area contributed by atoms with E-state index in [0.29, 0.717) is 0 Å². The van der Waals surface area contributed by atoms with E-state index < -0.39 is 24.7 Å². The number of hydrogen-bond acceptors (Lipinski definition) is 2. The molecule has 0 saturated heterocycles. The Kier molecular flexibility index (Phi) is 7.20. The van der Waals surface area contributed by atoms with Gasteiger partial charge in [-0.2, -0.15) is 0 Å². The zero-order valence-electron chi connectivity index (χ0n) is 20.5. The van der Waals surface area contributed by atoms with Gasteiger partial charge >= 0.3 is 0 Å². The van der Waals surface area contributed by atoms with Gasteiger partial charge in [0.25, 0.3) is 8.32 Å². The van der Waals surface area contributed by atoms with Crippen LogP contribution in [-0.2, 0) is 0 Å². The fourth-order valence-corrected chi connectivity index (χ4v) is 4.46. The van der Waals surface area contributed by atoms with Gasteiger partial charge in [0.15, 0.2) is 0 Å². The molecular weight excluding hydrogens is 393 g/mol. The second kappa shape index (κ2) is 8.04. The van der Waals surface area contributed by atoms with Crippen LogP contribution in [0.4, 0.5) is 0 Å². The molecule has 2 nitrogen and oxygen atoms in total. The zero-order chi connectivity index (χ0) is 22.2. The van der Waals surface area contributed by atoms with Crippen molar-refractivity contribution >= 4 is 24.7 Å². The van der Waals surface area contributed by atoms with E-state index in [1.165, 1.54) is 0 Å². The summed E-state index contributed by atoms with van der Waals surface area (Å²) in [7, 11) is -5.32. The third-order valence-corrected chi connectivity index (χ3v) is 15.4. The molecule has 0 aliphatic rings. The summed E-state index contributed by atoms with van der Waals surface area (Å²) in [6.45, 7) is 29.5. The van der Waals surface area contributed by atoms with Gasteiger partial charge in [-0.25, -0.2) is 0 Å². The molecule has 0 bridgehead atoms. The van der Waals surface area contributed by atoms with Crippen molar-refractivity contribution < 1.29 is 8.85 Å². The predicted octanol–water partition coefficient (Wildman–Crippen LogP) is 7.68. The molecule has 0 fully saturated rings. The summed E-state index contributed by atoms with van der Waals surface area (Å²) in [5, 5.41) is 0.306. The van der Waals surface area contributed by atoms with Gasteiger partial charge in [0.2, 0.25) is 8.32 Å². The van der Waals surface area contributed by atoms with E-state index in [1.54, 1.807) is 0 Å². The molecule has 0 radical (unpaired) electrons. The normalized spacial score (nSPS) is 13.6. The quantitative estimate of drug-likeness (QED) is 0.357. The summed E-state index contributed by atoms with van der Waals surface area (Å²) in [5.74, 6) is 5.25. The van der Waals surface area contributed by atoms with Gasteiger partial charge < -0.3 is 8.85 Å². The molecule has 1 rings (SSSR count). The second-order valence-electron chi connectivity index (χ2n) is 11.9. The maximum Gasteiger partial charge on any atom is 0.250 e. The molecule has 0 heterocycles. The minimum atomic E-state index is -1.93. The molecule has 0 atom stereocenters. The van der Waals surface area contributed by atoms with Gasteiger partial charge in [0.1, 0.15) is 19.6 Å². The van der Waals surface area contributed by atoms with Gasteiger partial charge in [-0.05, 0) is 54.5 Å². The first-order valence-corrected chi connectivity index (χ1v) is 19.6. The third-order valence-electron chi connectivity index (χ3n) is 5.87. The first-order valence-electron chi connectivity index (χ1n) is 10.3. The molecule has 0 aliphatic heterocycles. The van der Waals surface area contributed by atoms with Crippen molar-refractivity contribution in [1.82, 2.24) is 0 Å². The van der Waals surface area contributed by atoms with Crippen molar-refractivity contribution in [3.63, 3.8) is 0 Å². The highest BCUT2D eigenvalue weighted by Gasteiger charge is 2.40. The second-order valence-corrected chi connectivity index (χ2v) is 26.1. The lowest BCUT2D eigenvalue weighted by Crippen LogP contribution is -2.44. The third kappa shape index (κ3) is 6.82. The zero-order valence-corrected chi connectivity index (χ0v) is 23.5. The molecule has 0 spiro atoms. The van der Waals surface area contributed by atoms with E-state index in [0.717, 1.165) is 17.1 Å². The van der Waals surface area contributed by atoms with Crippen molar-refractivity contribution in [2.75, 3.05) is 0 Å². The molecule has 0 aliphatic carbocycles. The highest BCUT2D eigenvalue weighted by atomic mass is 28.4. The standard InChI is InChI=1S/C23H42O2Si3/c1-22(2,3)27(10,11)24-20-14-15-21(25-28(12,13)23(4,5)6)19(18-20)16-17-26(7,8)9/h14-15,18H,1-13H3. The maximum absolute atomic E-state index is 6.62. The van der Waals surface area contributed by atoms with Crippen LogP contribution < -0.4 is 8.85 Å². The molecule has 0 N–H and O–H groups in total. The number of rotatable bonds is 4. The van der Waals surface area contributed by atoms with E-state index in [4.69, 9.17) is 8.85 Å². The topological polar surface area (TPSA) is 18.5 Å². The van der Waals surface area contributed by atoms with Crippen LogP contribution in [0.5, 0.6) is 11.5 Å². The Hall–Kier alpha value is -0.969. The average Bonchev–Trinajstić information content (AvgIpc) is 2.43. The Bertz CT molecular complexity index is 749. The molecule has 5 heteroatoms. The lowest BCUT2D eigenvalue weighted by atomic mass is 10.2. The molecule has 0 amide bonds. The highest BCUT2D eigenvalue weighted by Crippen LogP contribution is 2.40. The Labute approximate surface area is 177 Å². The van der Waals surface area contributed by atoms with E-state index in [9.17, 15) is 0 Å². The lowest BCUT2D eigenvalue weighted by Gasteiger charge is -2.37. The van der Waals surface area contributed by atoms with Crippen molar-refractivity contribution in [1.29, 1.82) is 0 Å². The van der Waals surface area contributed by atoms with Crippen LogP contribution in [0.1, 0.15) is 47.1 Å². The molecule has 1 aromatic rings.